The minimum atomic E-state index is 0.918. The fraction of sp³-hybridized carbons (Fsp3) is 0.133. The molecule has 1 aromatic carbocycles. The molecule has 0 unspecified atom stereocenters. The Hall–Kier alpha value is -1.89. The number of hydrogen-bond donors (Lipinski definition) is 0. The van der Waals surface area contributed by atoms with Crippen molar-refractivity contribution < 1.29 is 4.57 Å². The van der Waals surface area contributed by atoms with Gasteiger partial charge in [0.05, 0.1) is 0 Å². The van der Waals surface area contributed by atoms with Crippen LogP contribution in [0.4, 0.5) is 0 Å². The summed E-state index contributed by atoms with van der Waals surface area (Å²) < 4.78 is 2.22. The molecule has 0 amide bonds. The Labute approximate surface area is 96.7 Å². The number of allylic oxidation sites excluding steroid dienone is 1. The van der Waals surface area contributed by atoms with Crippen LogP contribution in [-0.2, 0) is 6.54 Å². The van der Waals surface area contributed by atoms with E-state index in [9.17, 15) is 0 Å². The van der Waals surface area contributed by atoms with Crippen LogP contribution in [0.1, 0.15) is 11.3 Å². The van der Waals surface area contributed by atoms with Crippen molar-refractivity contribution in [3.05, 3.63) is 72.1 Å². The van der Waals surface area contributed by atoms with E-state index in [2.05, 4.69) is 72.3 Å². The van der Waals surface area contributed by atoms with Crippen molar-refractivity contribution in [2.24, 2.45) is 0 Å². The number of hydrogen-bond acceptors (Lipinski definition) is 0. The standard InChI is InChI=1S/C15H16N/c1-14-8-5-6-12-16(14)13-7-11-15-9-3-2-4-10-15/h2-12H,13H2,1H3/q+1. The topological polar surface area (TPSA) is 3.88 Å². The van der Waals surface area contributed by atoms with Gasteiger partial charge in [0.15, 0.2) is 18.4 Å². The first-order valence-corrected chi connectivity index (χ1v) is 5.53. The number of aromatic nitrogens is 1. The first kappa shape index (κ1) is 10.6. The number of pyridine rings is 1. The van der Waals surface area contributed by atoms with Gasteiger partial charge in [-0.1, -0.05) is 42.5 Å². The quantitative estimate of drug-likeness (QED) is 0.686. The van der Waals surface area contributed by atoms with Gasteiger partial charge in [0.2, 0.25) is 0 Å². The Balaban J connectivity index is 2.03. The lowest BCUT2D eigenvalue weighted by Gasteiger charge is -1.95. The van der Waals surface area contributed by atoms with Crippen LogP contribution in [0.15, 0.2) is 60.8 Å². The van der Waals surface area contributed by atoms with E-state index in [-0.39, 0.29) is 0 Å². The van der Waals surface area contributed by atoms with E-state index in [1.807, 2.05) is 6.07 Å². The average molecular weight is 210 g/mol. The van der Waals surface area contributed by atoms with Gasteiger partial charge in [0.1, 0.15) is 0 Å². The molecule has 2 aromatic rings. The SMILES string of the molecule is Cc1cccc[n+]1CC=Cc1ccccc1. The van der Waals surface area contributed by atoms with E-state index in [1.165, 1.54) is 11.3 Å². The molecule has 0 fully saturated rings. The Morgan fingerprint density at radius 2 is 1.75 bits per heavy atom. The van der Waals surface area contributed by atoms with E-state index < -0.39 is 0 Å². The van der Waals surface area contributed by atoms with Gasteiger partial charge in [0.25, 0.3) is 0 Å². The van der Waals surface area contributed by atoms with Crippen molar-refractivity contribution in [1.82, 2.24) is 0 Å². The van der Waals surface area contributed by atoms with Gasteiger partial charge in [-0.15, -0.1) is 0 Å². The molecule has 0 aliphatic rings. The minimum Gasteiger partial charge on any atom is -0.199 e. The predicted molar refractivity (Wildman–Crippen MR) is 66.9 cm³/mol. The first-order chi connectivity index (χ1) is 7.86. The Morgan fingerprint density at radius 3 is 2.50 bits per heavy atom. The van der Waals surface area contributed by atoms with Gasteiger partial charge in [-0.25, -0.2) is 0 Å². The van der Waals surface area contributed by atoms with Gasteiger partial charge in [-0.2, -0.15) is 4.57 Å². The number of aryl methyl sites for hydroxylation is 1. The normalized spacial score (nSPS) is 10.8. The summed E-state index contributed by atoms with van der Waals surface area (Å²) in [7, 11) is 0. The van der Waals surface area contributed by atoms with E-state index in [0.717, 1.165) is 6.54 Å². The summed E-state index contributed by atoms with van der Waals surface area (Å²) in [5.41, 5.74) is 2.52. The second-order valence-electron chi connectivity index (χ2n) is 3.81. The summed E-state index contributed by atoms with van der Waals surface area (Å²) in [5, 5.41) is 0. The molecule has 0 aliphatic heterocycles. The Morgan fingerprint density at radius 1 is 1.00 bits per heavy atom. The highest BCUT2D eigenvalue weighted by Crippen LogP contribution is 2.00. The fourth-order valence-corrected chi connectivity index (χ4v) is 1.63. The maximum Gasteiger partial charge on any atom is 0.178 e. The van der Waals surface area contributed by atoms with Gasteiger partial charge < -0.3 is 0 Å². The molecule has 1 aromatic heterocycles. The minimum absolute atomic E-state index is 0.918. The molecule has 0 spiro atoms. The van der Waals surface area contributed by atoms with Crippen LogP contribution in [0.25, 0.3) is 6.08 Å². The van der Waals surface area contributed by atoms with Crippen LogP contribution in [0, 0.1) is 6.92 Å². The third-order valence-corrected chi connectivity index (χ3v) is 2.58. The van der Waals surface area contributed by atoms with Crippen molar-refractivity contribution >= 4 is 6.08 Å². The zero-order valence-corrected chi connectivity index (χ0v) is 9.51. The lowest BCUT2D eigenvalue weighted by Crippen LogP contribution is -2.35. The highest BCUT2D eigenvalue weighted by molar-refractivity contribution is 5.48. The number of benzene rings is 1. The molecule has 16 heavy (non-hydrogen) atoms. The number of rotatable bonds is 3. The largest absolute Gasteiger partial charge is 0.199 e. The first-order valence-electron chi connectivity index (χ1n) is 5.53. The molecule has 80 valence electrons. The smallest absolute Gasteiger partial charge is 0.178 e. The third-order valence-electron chi connectivity index (χ3n) is 2.58. The molecule has 1 nitrogen and oxygen atoms in total. The van der Waals surface area contributed by atoms with E-state index in [1.54, 1.807) is 0 Å². The third kappa shape index (κ3) is 2.80. The van der Waals surface area contributed by atoms with Crippen molar-refractivity contribution in [1.29, 1.82) is 0 Å². The zero-order valence-electron chi connectivity index (χ0n) is 9.51. The van der Waals surface area contributed by atoms with Gasteiger partial charge in [0, 0.05) is 19.1 Å². The van der Waals surface area contributed by atoms with Crippen molar-refractivity contribution in [2.75, 3.05) is 0 Å². The molecule has 0 N–H and O–H groups in total. The number of nitrogens with zero attached hydrogens (tertiary/aromatic N) is 1. The predicted octanol–water partition coefficient (Wildman–Crippen LogP) is 3.00. The van der Waals surface area contributed by atoms with Crippen molar-refractivity contribution in [3.63, 3.8) is 0 Å². The Bertz CT molecular complexity index is 472. The van der Waals surface area contributed by atoms with E-state index in [4.69, 9.17) is 0 Å². The summed E-state index contributed by atoms with van der Waals surface area (Å²) in [6, 6.07) is 16.6. The average Bonchev–Trinajstić information content (AvgIpc) is 2.33. The summed E-state index contributed by atoms with van der Waals surface area (Å²) in [5.74, 6) is 0. The zero-order chi connectivity index (χ0) is 11.2. The highest BCUT2D eigenvalue weighted by atomic mass is 14.9. The second-order valence-corrected chi connectivity index (χ2v) is 3.81. The maximum atomic E-state index is 2.22. The summed E-state index contributed by atoms with van der Waals surface area (Å²) in [6.45, 7) is 3.04. The van der Waals surface area contributed by atoms with Gasteiger partial charge in [-0.05, 0) is 11.6 Å². The molecule has 0 saturated heterocycles. The van der Waals surface area contributed by atoms with Gasteiger partial charge >= 0.3 is 0 Å². The Kier molecular flexibility index (Phi) is 3.50. The van der Waals surface area contributed by atoms with Crippen LogP contribution in [0.5, 0.6) is 0 Å². The molecular formula is C15H16N+. The monoisotopic (exact) mass is 210 g/mol. The molecule has 2 rings (SSSR count). The van der Waals surface area contributed by atoms with E-state index >= 15 is 0 Å². The fourth-order valence-electron chi connectivity index (χ4n) is 1.63. The van der Waals surface area contributed by atoms with Crippen LogP contribution in [-0.4, -0.2) is 0 Å². The second kappa shape index (κ2) is 5.26. The highest BCUT2D eigenvalue weighted by Gasteiger charge is 1.99. The maximum absolute atomic E-state index is 2.22. The molecule has 0 bridgehead atoms. The molecule has 1 heteroatoms. The lowest BCUT2D eigenvalue weighted by atomic mass is 10.2. The lowest BCUT2D eigenvalue weighted by molar-refractivity contribution is -0.692. The van der Waals surface area contributed by atoms with Crippen LogP contribution in [0.2, 0.25) is 0 Å². The molecule has 0 aliphatic carbocycles. The van der Waals surface area contributed by atoms with Crippen molar-refractivity contribution in [2.45, 2.75) is 13.5 Å². The molecule has 0 atom stereocenters. The molecule has 0 saturated carbocycles. The van der Waals surface area contributed by atoms with Crippen LogP contribution >= 0.6 is 0 Å². The van der Waals surface area contributed by atoms with Crippen LogP contribution < -0.4 is 4.57 Å². The molecule has 1 heterocycles. The van der Waals surface area contributed by atoms with Crippen LogP contribution in [0.3, 0.4) is 0 Å². The van der Waals surface area contributed by atoms with Crippen molar-refractivity contribution in [3.8, 4) is 0 Å². The van der Waals surface area contributed by atoms with Gasteiger partial charge in [-0.3, -0.25) is 0 Å². The summed E-state index contributed by atoms with van der Waals surface area (Å²) >= 11 is 0. The summed E-state index contributed by atoms with van der Waals surface area (Å²) in [6.07, 6.45) is 6.44. The molecular weight excluding hydrogens is 194 g/mol. The summed E-state index contributed by atoms with van der Waals surface area (Å²) in [4.78, 5) is 0. The van der Waals surface area contributed by atoms with E-state index in [0.29, 0.717) is 0 Å². The molecule has 0 radical (unpaired) electrons.